The summed E-state index contributed by atoms with van der Waals surface area (Å²) in [4.78, 5) is 0. The lowest BCUT2D eigenvalue weighted by molar-refractivity contribution is 0.113. The van der Waals surface area contributed by atoms with Gasteiger partial charge < -0.3 is 14.9 Å². The second kappa shape index (κ2) is 7.95. The van der Waals surface area contributed by atoms with Crippen molar-refractivity contribution in [3.8, 4) is 5.75 Å². The molecule has 2 N–H and O–H groups in total. The van der Waals surface area contributed by atoms with Crippen molar-refractivity contribution in [2.24, 2.45) is 0 Å². The number of rotatable bonds is 7. The Hall–Kier alpha value is -0.230. The van der Waals surface area contributed by atoms with E-state index in [0.29, 0.717) is 12.4 Å². The van der Waals surface area contributed by atoms with Gasteiger partial charge in [-0.15, -0.1) is 0 Å². The van der Waals surface area contributed by atoms with Gasteiger partial charge in [0.25, 0.3) is 0 Å². The Labute approximate surface area is 108 Å². The maximum atomic E-state index is 9.09. The number of hydrogen-bond acceptors (Lipinski definition) is 4. The van der Waals surface area contributed by atoms with Crippen LogP contribution in [-0.2, 0) is 0 Å². The minimum absolute atomic E-state index is 0.181. The van der Waals surface area contributed by atoms with Crippen molar-refractivity contribution in [2.45, 2.75) is 6.10 Å². The van der Waals surface area contributed by atoms with Crippen LogP contribution >= 0.6 is 27.7 Å². The van der Waals surface area contributed by atoms with Crippen molar-refractivity contribution in [2.75, 3.05) is 24.7 Å². The van der Waals surface area contributed by atoms with Gasteiger partial charge in [0.2, 0.25) is 0 Å². The lowest BCUT2D eigenvalue weighted by Gasteiger charge is -2.08. The largest absolute Gasteiger partial charge is 0.493 e. The second-order valence-corrected chi connectivity index (χ2v) is 5.28. The normalized spacial score (nSPS) is 12.4. The first-order valence-corrected chi connectivity index (χ1v) is 6.92. The molecule has 0 spiro atoms. The number of benzene rings is 1. The van der Waals surface area contributed by atoms with E-state index in [0.717, 1.165) is 16.0 Å². The van der Waals surface area contributed by atoms with Crippen molar-refractivity contribution in [3.05, 3.63) is 28.7 Å². The molecule has 0 bridgehead atoms. The van der Waals surface area contributed by atoms with E-state index in [1.165, 1.54) is 0 Å². The fourth-order valence-electron chi connectivity index (χ4n) is 1.05. The maximum Gasteiger partial charge on any atom is 0.120 e. The van der Waals surface area contributed by atoms with Crippen molar-refractivity contribution in [1.29, 1.82) is 0 Å². The Bertz CT molecular complexity index is 309. The molecule has 0 aliphatic carbocycles. The summed E-state index contributed by atoms with van der Waals surface area (Å²) in [5, 5.41) is 17.7. The quantitative estimate of drug-likeness (QED) is 0.756. The molecule has 0 fully saturated rings. The lowest BCUT2D eigenvalue weighted by atomic mass is 10.3. The molecule has 3 nitrogen and oxygen atoms in total. The fourth-order valence-corrected chi connectivity index (χ4v) is 2.17. The summed E-state index contributed by atoms with van der Waals surface area (Å²) in [5.74, 6) is 2.17. The van der Waals surface area contributed by atoms with Crippen molar-refractivity contribution in [3.63, 3.8) is 0 Å². The third kappa shape index (κ3) is 5.75. The first-order valence-electron chi connectivity index (χ1n) is 4.97. The van der Waals surface area contributed by atoms with Crippen molar-refractivity contribution in [1.82, 2.24) is 0 Å². The zero-order valence-corrected chi connectivity index (χ0v) is 11.2. The molecule has 0 amide bonds. The topological polar surface area (TPSA) is 49.7 Å². The summed E-state index contributed by atoms with van der Waals surface area (Å²) in [5.41, 5.74) is 0. The smallest absolute Gasteiger partial charge is 0.120 e. The molecule has 0 saturated heterocycles. The average molecular weight is 307 g/mol. The molecule has 1 rings (SSSR count). The fraction of sp³-hybridized carbons (Fsp3) is 0.455. The van der Waals surface area contributed by atoms with Crippen LogP contribution in [0, 0.1) is 0 Å². The summed E-state index contributed by atoms with van der Waals surface area (Å²) in [7, 11) is 0. The summed E-state index contributed by atoms with van der Waals surface area (Å²) in [6.45, 7) is 0.415. The van der Waals surface area contributed by atoms with E-state index in [-0.39, 0.29) is 6.61 Å². The van der Waals surface area contributed by atoms with Crippen LogP contribution in [0.25, 0.3) is 0 Å². The Morgan fingerprint density at radius 1 is 1.44 bits per heavy atom. The summed E-state index contributed by atoms with van der Waals surface area (Å²) < 4.78 is 6.50. The first-order chi connectivity index (χ1) is 7.72. The van der Waals surface area contributed by atoms with Crippen LogP contribution in [0.15, 0.2) is 28.7 Å². The SMILES string of the molecule is OCC(O)CSCCOc1cccc(Br)c1. The highest BCUT2D eigenvalue weighted by molar-refractivity contribution is 9.10. The van der Waals surface area contributed by atoms with Gasteiger partial charge in [0.15, 0.2) is 0 Å². The van der Waals surface area contributed by atoms with Crippen LogP contribution in [0.3, 0.4) is 0 Å². The van der Waals surface area contributed by atoms with E-state index >= 15 is 0 Å². The number of ether oxygens (including phenoxy) is 1. The van der Waals surface area contributed by atoms with Gasteiger partial charge >= 0.3 is 0 Å². The van der Waals surface area contributed by atoms with Gasteiger partial charge in [-0.1, -0.05) is 22.0 Å². The van der Waals surface area contributed by atoms with Crippen LogP contribution in [-0.4, -0.2) is 41.0 Å². The van der Waals surface area contributed by atoms with Crippen LogP contribution in [0.5, 0.6) is 5.75 Å². The maximum absolute atomic E-state index is 9.09. The van der Waals surface area contributed by atoms with E-state index in [9.17, 15) is 0 Å². The second-order valence-electron chi connectivity index (χ2n) is 3.22. The summed E-state index contributed by atoms with van der Waals surface area (Å²) in [6, 6.07) is 7.67. The van der Waals surface area contributed by atoms with Gasteiger partial charge in [-0.05, 0) is 18.2 Å². The molecule has 0 saturated carbocycles. The van der Waals surface area contributed by atoms with Gasteiger partial charge in [-0.2, -0.15) is 11.8 Å². The third-order valence-corrected chi connectivity index (χ3v) is 3.38. The van der Waals surface area contributed by atoms with Crippen LogP contribution in [0.2, 0.25) is 0 Å². The standard InChI is InChI=1S/C11H15BrO3S/c12-9-2-1-3-11(6-9)15-4-5-16-8-10(14)7-13/h1-3,6,10,13-14H,4-5,7-8H2. The van der Waals surface area contributed by atoms with E-state index in [2.05, 4.69) is 15.9 Å². The summed E-state index contributed by atoms with van der Waals surface area (Å²) >= 11 is 4.93. The highest BCUT2D eigenvalue weighted by Gasteiger charge is 2.01. The van der Waals surface area contributed by atoms with Crippen molar-refractivity contribution < 1.29 is 14.9 Å². The molecule has 16 heavy (non-hydrogen) atoms. The highest BCUT2D eigenvalue weighted by atomic mass is 79.9. The predicted molar refractivity (Wildman–Crippen MR) is 70.1 cm³/mol. The highest BCUT2D eigenvalue weighted by Crippen LogP contribution is 2.17. The molecule has 90 valence electrons. The first kappa shape index (κ1) is 13.8. The van der Waals surface area contributed by atoms with Gasteiger partial charge in [0.1, 0.15) is 5.75 Å². The van der Waals surface area contributed by atoms with E-state index in [1.807, 2.05) is 24.3 Å². The van der Waals surface area contributed by atoms with Gasteiger partial charge in [-0.25, -0.2) is 0 Å². The molecule has 0 aliphatic heterocycles. The van der Waals surface area contributed by atoms with E-state index in [1.54, 1.807) is 11.8 Å². The lowest BCUT2D eigenvalue weighted by Crippen LogP contribution is -2.15. The molecule has 5 heteroatoms. The molecule has 0 aromatic heterocycles. The number of hydrogen-bond donors (Lipinski definition) is 2. The predicted octanol–water partition coefficient (Wildman–Crippen LogP) is 1.91. The molecular formula is C11H15BrO3S. The molecule has 0 radical (unpaired) electrons. The number of halogens is 1. The van der Waals surface area contributed by atoms with E-state index < -0.39 is 6.10 Å². The monoisotopic (exact) mass is 306 g/mol. The number of thioether (sulfide) groups is 1. The number of aliphatic hydroxyl groups excluding tert-OH is 2. The summed E-state index contributed by atoms with van der Waals surface area (Å²) in [6.07, 6.45) is -0.629. The molecule has 0 aliphatic rings. The minimum atomic E-state index is -0.629. The van der Waals surface area contributed by atoms with Crippen LogP contribution in [0.1, 0.15) is 0 Å². The third-order valence-electron chi connectivity index (χ3n) is 1.81. The van der Waals surface area contributed by atoms with E-state index in [4.69, 9.17) is 14.9 Å². The Morgan fingerprint density at radius 3 is 2.94 bits per heavy atom. The van der Waals surface area contributed by atoms with Crippen molar-refractivity contribution >= 4 is 27.7 Å². The van der Waals surface area contributed by atoms with Gasteiger partial charge in [0, 0.05) is 16.0 Å². The molecule has 0 heterocycles. The Morgan fingerprint density at radius 2 is 2.25 bits per heavy atom. The Kier molecular flexibility index (Phi) is 6.87. The number of aliphatic hydroxyl groups is 2. The Balaban J connectivity index is 2.12. The molecule has 1 aromatic rings. The van der Waals surface area contributed by atoms with Gasteiger partial charge in [0.05, 0.1) is 19.3 Å². The average Bonchev–Trinajstić information content (AvgIpc) is 2.28. The zero-order valence-electron chi connectivity index (χ0n) is 8.80. The van der Waals surface area contributed by atoms with Gasteiger partial charge in [-0.3, -0.25) is 0 Å². The molecule has 1 unspecified atom stereocenters. The zero-order chi connectivity index (χ0) is 11.8. The minimum Gasteiger partial charge on any atom is -0.493 e. The molecule has 1 aromatic carbocycles. The molecule has 1 atom stereocenters. The van der Waals surface area contributed by atoms with Crippen LogP contribution < -0.4 is 4.74 Å². The van der Waals surface area contributed by atoms with Crippen LogP contribution in [0.4, 0.5) is 0 Å². The molecular weight excluding hydrogens is 292 g/mol.